The lowest BCUT2D eigenvalue weighted by molar-refractivity contribution is 0.228. The van der Waals surface area contributed by atoms with Crippen LogP contribution in [-0.4, -0.2) is 31.4 Å². The van der Waals surface area contributed by atoms with E-state index in [2.05, 4.69) is 12.2 Å². The van der Waals surface area contributed by atoms with Crippen LogP contribution in [0, 0.1) is 5.92 Å². The predicted molar refractivity (Wildman–Crippen MR) is 74.9 cm³/mol. The molecular weight excluding hydrogens is 226 g/mol. The molecule has 0 aliphatic heterocycles. The first kappa shape index (κ1) is 15.0. The number of para-hydroxylation sites is 1. The Labute approximate surface area is 110 Å². The Morgan fingerprint density at radius 2 is 1.89 bits per heavy atom. The van der Waals surface area contributed by atoms with Crippen molar-refractivity contribution in [3.05, 3.63) is 30.3 Å². The zero-order chi connectivity index (χ0) is 13.1. The molecule has 3 nitrogen and oxygen atoms in total. The molecule has 0 bridgehead atoms. The highest BCUT2D eigenvalue weighted by molar-refractivity contribution is 5.20. The molecule has 1 rings (SSSR count). The predicted octanol–water partition coefficient (Wildman–Crippen LogP) is 2.45. The van der Waals surface area contributed by atoms with Crippen LogP contribution in [0.4, 0.5) is 0 Å². The zero-order valence-electron chi connectivity index (χ0n) is 11.3. The normalized spacial score (nSPS) is 12.3. The highest BCUT2D eigenvalue weighted by Gasteiger charge is 1.98. The van der Waals surface area contributed by atoms with Gasteiger partial charge in [-0.1, -0.05) is 25.1 Å². The third-order valence-electron chi connectivity index (χ3n) is 2.87. The van der Waals surface area contributed by atoms with Gasteiger partial charge in [-0.25, -0.2) is 0 Å². The summed E-state index contributed by atoms with van der Waals surface area (Å²) in [6.07, 6.45) is 3.23. The molecule has 0 radical (unpaired) electrons. The first-order chi connectivity index (χ1) is 8.83. The Morgan fingerprint density at radius 3 is 2.61 bits per heavy atom. The molecule has 1 aromatic carbocycles. The quantitative estimate of drug-likeness (QED) is 0.628. The summed E-state index contributed by atoms with van der Waals surface area (Å²) in [6.45, 7) is 5.14. The SMILES string of the molecule is CC(CO)CCCNCCCOc1ccccc1. The van der Waals surface area contributed by atoms with Crippen molar-refractivity contribution in [1.82, 2.24) is 5.32 Å². The lowest BCUT2D eigenvalue weighted by Gasteiger charge is -2.09. The third kappa shape index (κ3) is 7.30. The van der Waals surface area contributed by atoms with Crippen LogP contribution in [0.3, 0.4) is 0 Å². The Kier molecular flexibility index (Phi) is 8.26. The van der Waals surface area contributed by atoms with E-state index in [1.54, 1.807) is 0 Å². The van der Waals surface area contributed by atoms with Gasteiger partial charge < -0.3 is 15.2 Å². The average Bonchev–Trinajstić information content (AvgIpc) is 2.42. The number of rotatable bonds is 10. The summed E-state index contributed by atoms with van der Waals surface area (Å²) in [6, 6.07) is 9.90. The van der Waals surface area contributed by atoms with Gasteiger partial charge in [-0.2, -0.15) is 0 Å². The minimum absolute atomic E-state index is 0.297. The van der Waals surface area contributed by atoms with Crippen molar-refractivity contribution < 1.29 is 9.84 Å². The summed E-state index contributed by atoms with van der Waals surface area (Å²) >= 11 is 0. The van der Waals surface area contributed by atoms with Crippen LogP contribution in [0.15, 0.2) is 30.3 Å². The highest BCUT2D eigenvalue weighted by atomic mass is 16.5. The van der Waals surface area contributed by atoms with Crippen molar-refractivity contribution in [2.24, 2.45) is 5.92 Å². The van der Waals surface area contributed by atoms with Crippen LogP contribution < -0.4 is 10.1 Å². The maximum atomic E-state index is 8.88. The van der Waals surface area contributed by atoms with Crippen LogP contribution in [0.1, 0.15) is 26.2 Å². The molecule has 0 saturated carbocycles. The van der Waals surface area contributed by atoms with Gasteiger partial charge in [-0.15, -0.1) is 0 Å². The number of hydrogen-bond donors (Lipinski definition) is 2. The Bertz CT molecular complexity index is 290. The van der Waals surface area contributed by atoms with Crippen molar-refractivity contribution >= 4 is 0 Å². The molecule has 0 spiro atoms. The van der Waals surface area contributed by atoms with E-state index in [4.69, 9.17) is 9.84 Å². The maximum absolute atomic E-state index is 8.88. The van der Waals surface area contributed by atoms with Crippen LogP contribution in [0.5, 0.6) is 5.75 Å². The first-order valence-electron chi connectivity index (χ1n) is 6.82. The van der Waals surface area contributed by atoms with E-state index in [1.165, 1.54) is 0 Å². The summed E-state index contributed by atoms with van der Waals surface area (Å²) in [5, 5.41) is 12.3. The summed E-state index contributed by atoms with van der Waals surface area (Å²) in [5.74, 6) is 1.36. The Hall–Kier alpha value is -1.06. The number of aliphatic hydroxyl groups excluding tert-OH is 1. The summed E-state index contributed by atoms with van der Waals surface area (Å²) in [7, 11) is 0. The van der Waals surface area contributed by atoms with Crippen molar-refractivity contribution in [3.63, 3.8) is 0 Å². The average molecular weight is 251 g/mol. The molecule has 3 heteroatoms. The molecule has 2 N–H and O–H groups in total. The zero-order valence-corrected chi connectivity index (χ0v) is 11.3. The maximum Gasteiger partial charge on any atom is 0.119 e. The minimum Gasteiger partial charge on any atom is -0.494 e. The largest absolute Gasteiger partial charge is 0.494 e. The van der Waals surface area contributed by atoms with Gasteiger partial charge in [0.1, 0.15) is 5.75 Å². The van der Waals surface area contributed by atoms with E-state index in [1.807, 2.05) is 30.3 Å². The van der Waals surface area contributed by atoms with Crippen molar-refractivity contribution in [3.8, 4) is 5.75 Å². The highest BCUT2D eigenvalue weighted by Crippen LogP contribution is 2.08. The van der Waals surface area contributed by atoms with E-state index in [0.717, 1.165) is 44.7 Å². The number of nitrogens with one attached hydrogen (secondary N) is 1. The molecule has 0 amide bonds. The molecular formula is C15H25NO2. The molecule has 1 unspecified atom stereocenters. The molecule has 102 valence electrons. The number of ether oxygens (including phenoxy) is 1. The standard InChI is InChI=1S/C15H25NO2/c1-14(13-17)7-5-10-16-11-6-12-18-15-8-3-2-4-9-15/h2-4,8-9,14,16-17H,5-7,10-13H2,1H3. The first-order valence-corrected chi connectivity index (χ1v) is 6.82. The van der Waals surface area contributed by atoms with Crippen LogP contribution in [0.2, 0.25) is 0 Å². The van der Waals surface area contributed by atoms with Crippen molar-refractivity contribution in [2.75, 3.05) is 26.3 Å². The Morgan fingerprint density at radius 1 is 1.17 bits per heavy atom. The van der Waals surface area contributed by atoms with E-state index >= 15 is 0 Å². The smallest absolute Gasteiger partial charge is 0.119 e. The molecule has 0 aromatic heterocycles. The van der Waals surface area contributed by atoms with Gasteiger partial charge in [0.25, 0.3) is 0 Å². The van der Waals surface area contributed by atoms with Gasteiger partial charge >= 0.3 is 0 Å². The van der Waals surface area contributed by atoms with E-state index < -0.39 is 0 Å². The second kappa shape index (κ2) is 9.92. The molecule has 1 aromatic rings. The fourth-order valence-electron chi connectivity index (χ4n) is 1.70. The van der Waals surface area contributed by atoms with Crippen LogP contribution in [-0.2, 0) is 0 Å². The third-order valence-corrected chi connectivity index (χ3v) is 2.87. The topological polar surface area (TPSA) is 41.5 Å². The molecule has 0 saturated heterocycles. The lowest BCUT2D eigenvalue weighted by Crippen LogP contribution is -2.19. The summed E-state index contributed by atoms with van der Waals surface area (Å²) in [5.41, 5.74) is 0. The van der Waals surface area contributed by atoms with E-state index in [9.17, 15) is 0 Å². The second-order valence-electron chi connectivity index (χ2n) is 4.70. The van der Waals surface area contributed by atoms with Crippen molar-refractivity contribution in [2.45, 2.75) is 26.2 Å². The minimum atomic E-state index is 0.297. The number of benzene rings is 1. The van der Waals surface area contributed by atoms with Gasteiger partial charge in [0.15, 0.2) is 0 Å². The van der Waals surface area contributed by atoms with Crippen LogP contribution >= 0.6 is 0 Å². The van der Waals surface area contributed by atoms with Crippen molar-refractivity contribution in [1.29, 1.82) is 0 Å². The summed E-state index contributed by atoms with van der Waals surface area (Å²) < 4.78 is 5.60. The molecule has 0 aliphatic rings. The molecule has 18 heavy (non-hydrogen) atoms. The lowest BCUT2D eigenvalue weighted by atomic mass is 10.1. The van der Waals surface area contributed by atoms with Gasteiger partial charge in [0.05, 0.1) is 6.61 Å². The monoisotopic (exact) mass is 251 g/mol. The van der Waals surface area contributed by atoms with E-state index in [0.29, 0.717) is 12.5 Å². The Balaban J connectivity index is 1.87. The number of aliphatic hydroxyl groups is 1. The van der Waals surface area contributed by atoms with E-state index in [-0.39, 0.29) is 0 Å². The fourth-order valence-corrected chi connectivity index (χ4v) is 1.70. The van der Waals surface area contributed by atoms with Gasteiger partial charge in [0, 0.05) is 6.61 Å². The fraction of sp³-hybridized carbons (Fsp3) is 0.600. The second-order valence-corrected chi connectivity index (χ2v) is 4.70. The van der Waals surface area contributed by atoms with Gasteiger partial charge in [-0.3, -0.25) is 0 Å². The van der Waals surface area contributed by atoms with Gasteiger partial charge in [0.2, 0.25) is 0 Å². The molecule has 0 heterocycles. The molecule has 0 aliphatic carbocycles. The summed E-state index contributed by atoms with van der Waals surface area (Å²) in [4.78, 5) is 0. The molecule has 0 fully saturated rings. The van der Waals surface area contributed by atoms with Gasteiger partial charge in [-0.05, 0) is 50.4 Å². The molecule has 1 atom stereocenters. The number of hydrogen-bond acceptors (Lipinski definition) is 3. The van der Waals surface area contributed by atoms with Crippen LogP contribution in [0.25, 0.3) is 0 Å².